The average molecular weight is 372 g/mol. The van der Waals surface area contributed by atoms with Crippen molar-refractivity contribution in [3.8, 4) is 5.69 Å². The Kier molecular flexibility index (Phi) is 7.55. The first-order chi connectivity index (χ1) is 12.9. The Morgan fingerprint density at radius 2 is 1.81 bits per heavy atom. The van der Waals surface area contributed by atoms with Gasteiger partial charge in [0.15, 0.2) is 6.54 Å². The van der Waals surface area contributed by atoms with Crippen molar-refractivity contribution in [1.29, 1.82) is 0 Å². The van der Waals surface area contributed by atoms with Gasteiger partial charge in [-0.15, -0.1) is 0 Å². The van der Waals surface area contributed by atoms with Crippen molar-refractivity contribution < 1.29 is 14.5 Å². The zero-order chi connectivity index (χ0) is 19.8. The first-order valence-corrected chi connectivity index (χ1v) is 9.37. The molecular formula is C20H30N5O2+. The maximum Gasteiger partial charge on any atom is 0.275 e. The van der Waals surface area contributed by atoms with Crippen LogP contribution >= 0.6 is 0 Å². The van der Waals surface area contributed by atoms with Gasteiger partial charge in [-0.25, -0.2) is 4.68 Å². The van der Waals surface area contributed by atoms with E-state index in [-0.39, 0.29) is 18.4 Å². The van der Waals surface area contributed by atoms with Gasteiger partial charge in [-0.1, -0.05) is 25.1 Å². The van der Waals surface area contributed by atoms with Crippen LogP contribution < -0.4 is 15.5 Å². The minimum absolute atomic E-state index is 0.0239. The molecule has 0 spiro atoms. The number of nitrogens with one attached hydrogen (secondary N) is 3. The smallest absolute Gasteiger partial charge is 0.275 e. The molecule has 0 aliphatic carbocycles. The highest BCUT2D eigenvalue weighted by Gasteiger charge is 2.18. The van der Waals surface area contributed by atoms with Crippen LogP contribution in [0.25, 0.3) is 5.69 Å². The van der Waals surface area contributed by atoms with Crippen molar-refractivity contribution in [1.82, 2.24) is 20.4 Å². The van der Waals surface area contributed by atoms with Crippen LogP contribution in [-0.2, 0) is 16.1 Å². The van der Waals surface area contributed by atoms with Crippen LogP contribution in [-0.4, -0.2) is 48.3 Å². The van der Waals surface area contributed by atoms with E-state index in [0.29, 0.717) is 19.6 Å². The number of para-hydroxylation sites is 1. The molecule has 2 rings (SSSR count). The summed E-state index contributed by atoms with van der Waals surface area (Å²) in [7, 11) is 1.97. The average Bonchev–Trinajstić information content (AvgIpc) is 2.93. The molecule has 1 aromatic heterocycles. The van der Waals surface area contributed by atoms with Crippen LogP contribution in [0.2, 0.25) is 0 Å². The molecule has 2 amide bonds. The molecule has 7 nitrogen and oxygen atoms in total. The molecule has 0 saturated heterocycles. The Morgan fingerprint density at radius 1 is 1.11 bits per heavy atom. The van der Waals surface area contributed by atoms with E-state index in [1.165, 1.54) is 0 Å². The molecule has 0 aliphatic rings. The standard InChI is InChI=1S/C20H29N5O2/c1-5-11-21-19(26)12-22-20(27)14-24(4)13-18-15(2)23-25(16(18)3)17-9-7-6-8-10-17/h6-10H,5,11-14H2,1-4H3,(H,21,26)(H,22,27)/p+1. The van der Waals surface area contributed by atoms with E-state index in [4.69, 9.17) is 0 Å². The molecule has 0 bridgehead atoms. The lowest BCUT2D eigenvalue weighted by molar-refractivity contribution is -0.885. The second-order valence-corrected chi connectivity index (χ2v) is 6.83. The van der Waals surface area contributed by atoms with E-state index in [9.17, 15) is 9.59 Å². The van der Waals surface area contributed by atoms with Crippen molar-refractivity contribution in [3.63, 3.8) is 0 Å². The van der Waals surface area contributed by atoms with Crippen LogP contribution in [0.5, 0.6) is 0 Å². The molecule has 2 aromatic rings. The van der Waals surface area contributed by atoms with E-state index in [1.54, 1.807) is 0 Å². The fraction of sp³-hybridized carbons (Fsp3) is 0.450. The summed E-state index contributed by atoms with van der Waals surface area (Å²) in [5, 5.41) is 10.1. The van der Waals surface area contributed by atoms with Gasteiger partial charge in [0, 0.05) is 6.54 Å². The van der Waals surface area contributed by atoms with Crippen molar-refractivity contribution in [3.05, 3.63) is 47.3 Å². The Bertz CT molecular complexity index is 770. The number of carbonyl (C=O) groups excluding carboxylic acids is 2. The fourth-order valence-corrected chi connectivity index (χ4v) is 2.96. The highest BCUT2D eigenvalue weighted by atomic mass is 16.2. The summed E-state index contributed by atoms with van der Waals surface area (Å²) in [6.45, 7) is 7.68. The van der Waals surface area contributed by atoms with E-state index < -0.39 is 0 Å². The number of hydrogen-bond acceptors (Lipinski definition) is 3. The number of likely N-dealkylation sites (N-methyl/N-ethyl adjacent to an activating group) is 1. The maximum absolute atomic E-state index is 12.1. The van der Waals surface area contributed by atoms with Gasteiger partial charge < -0.3 is 15.5 Å². The largest absolute Gasteiger partial charge is 0.355 e. The first kappa shape index (κ1) is 20.6. The van der Waals surface area contributed by atoms with Crippen molar-refractivity contribution in [2.75, 3.05) is 26.7 Å². The second-order valence-electron chi connectivity index (χ2n) is 6.83. The Hall–Kier alpha value is -2.67. The van der Waals surface area contributed by atoms with Crippen LogP contribution in [0.3, 0.4) is 0 Å². The molecule has 1 heterocycles. The number of quaternary nitrogens is 1. The molecule has 1 atom stereocenters. The van der Waals surface area contributed by atoms with Crippen LogP contribution in [0.15, 0.2) is 30.3 Å². The van der Waals surface area contributed by atoms with E-state index >= 15 is 0 Å². The van der Waals surface area contributed by atoms with Crippen molar-refractivity contribution in [2.24, 2.45) is 0 Å². The number of carbonyl (C=O) groups is 2. The molecule has 1 unspecified atom stereocenters. The molecular weight excluding hydrogens is 342 g/mol. The lowest BCUT2D eigenvalue weighted by Gasteiger charge is -2.14. The summed E-state index contributed by atoms with van der Waals surface area (Å²) < 4.78 is 1.94. The van der Waals surface area contributed by atoms with Gasteiger partial charge in [-0.05, 0) is 32.4 Å². The van der Waals surface area contributed by atoms with Gasteiger partial charge >= 0.3 is 0 Å². The highest BCUT2D eigenvalue weighted by Crippen LogP contribution is 2.16. The first-order valence-electron chi connectivity index (χ1n) is 9.37. The number of aryl methyl sites for hydroxylation is 1. The van der Waals surface area contributed by atoms with Crippen LogP contribution in [0.1, 0.15) is 30.3 Å². The summed E-state index contributed by atoms with van der Waals surface area (Å²) in [5.41, 5.74) is 4.22. The zero-order valence-corrected chi connectivity index (χ0v) is 16.6. The maximum atomic E-state index is 12.1. The third-order valence-electron chi connectivity index (χ3n) is 4.40. The third kappa shape index (κ3) is 5.92. The predicted molar refractivity (Wildman–Crippen MR) is 105 cm³/mol. The zero-order valence-electron chi connectivity index (χ0n) is 16.6. The molecule has 7 heteroatoms. The lowest BCUT2D eigenvalue weighted by atomic mass is 10.2. The number of rotatable bonds is 9. The van der Waals surface area contributed by atoms with Gasteiger partial charge in [0.1, 0.15) is 6.54 Å². The van der Waals surface area contributed by atoms with Crippen molar-refractivity contribution >= 4 is 11.8 Å². The topological polar surface area (TPSA) is 80.5 Å². The number of amides is 2. The van der Waals surface area contributed by atoms with Crippen LogP contribution in [0, 0.1) is 13.8 Å². The number of hydrogen-bond donors (Lipinski definition) is 3. The Balaban J connectivity index is 1.92. The normalized spacial score (nSPS) is 11.9. The van der Waals surface area contributed by atoms with Gasteiger partial charge in [-0.2, -0.15) is 5.10 Å². The van der Waals surface area contributed by atoms with Gasteiger partial charge in [0.2, 0.25) is 5.91 Å². The Labute approximate surface area is 160 Å². The summed E-state index contributed by atoms with van der Waals surface area (Å²) in [6.07, 6.45) is 0.877. The number of nitrogens with zero attached hydrogens (tertiary/aromatic N) is 2. The monoisotopic (exact) mass is 372 g/mol. The van der Waals surface area contributed by atoms with E-state index in [1.807, 2.05) is 62.8 Å². The molecule has 0 radical (unpaired) electrons. The van der Waals surface area contributed by atoms with Gasteiger partial charge in [-0.3, -0.25) is 9.59 Å². The lowest BCUT2D eigenvalue weighted by Crippen LogP contribution is -3.09. The Morgan fingerprint density at radius 3 is 2.48 bits per heavy atom. The predicted octanol–water partition coefficient (Wildman–Crippen LogP) is 0.146. The summed E-state index contributed by atoms with van der Waals surface area (Å²) in [6, 6.07) is 10.0. The fourth-order valence-electron chi connectivity index (χ4n) is 2.96. The van der Waals surface area contributed by atoms with Crippen molar-refractivity contribution in [2.45, 2.75) is 33.7 Å². The van der Waals surface area contributed by atoms with Gasteiger partial charge in [0.05, 0.1) is 36.2 Å². The van der Waals surface area contributed by atoms with E-state index in [2.05, 4.69) is 15.7 Å². The minimum atomic E-state index is -0.154. The summed E-state index contributed by atoms with van der Waals surface area (Å²) >= 11 is 0. The SMILES string of the molecule is CCCNC(=O)CNC(=O)C[NH+](C)Cc1c(C)nn(-c2ccccc2)c1C. The molecule has 146 valence electrons. The molecule has 0 saturated carbocycles. The minimum Gasteiger partial charge on any atom is -0.355 e. The van der Waals surface area contributed by atoms with E-state index in [0.717, 1.165) is 34.0 Å². The molecule has 1 aromatic carbocycles. The third-order valence-corrected chi connectivity index (χ3v) is 4.40. The van der Waals surface area contributed by atoms with Gasteiger partial charge in [0.25, 0.3) is 5.91 Å². The van der Waals surface area contributed by atoms with Crippen LogP contribution in [0.4, 0.5) is 0 Å². The molecule has 0 aliphatic heterocycles. The number of aromatic nitrogens is 2. The number of benzene rings is 1. The molecule has 0 fully saturated rings. The highest BCUT2D eigenvalue weighted by molar-refractivity contribution is 5.84. The summed E-state index contributed by atoms with van der Waals surface area (Å²) in [5.74, 6) is -0.288. The molecule has 3 N–H and O–H groups in total. The quantitative estimate of drug-likeness (QED) is 0.586. The molecule has 27 heavy (non-hydrogen) atoms. The second kappa shape index (κ2) is 9.87. The summed E-state index contributed by atoms with van der Waals surface area (Å²) in [4.78, 5) is 24.7.